The van der Waals surface area contributed by atoms with E-state index in [1.807, 2.05) is 0 Å². The van der Waals surface area contributed by atoms with Crippen molar-refractivity contribution in [1.29, 1.82) is 0 Å². The number of rotatable bonds is 7. The molecule has 3 N–H and O–H groups in total. The smallest absolute Gasteiger partial charge is 0.315 e. The zero-order valence-corrected chi connectivity index (χ0v) is 13.0. The summed E-state index contributed by atoms with van der Waals surface area (Å²) >= 11 is 0. The molecule has 7 heteroatoms. The van der Waals surface area contributed by atoms with Gasteiger partial charge in [-0.05, 0) is 45.0 Å². The summed E-state index contributed by atoms with van der Waals surface area (Å²) in [6.07, 6.45) is 0. The lowest BCUT2D eigenvalue weighted by Gasteiger charge is -2.18. The molecule has 0 unspecified atom stereocenters. The van der Waals surface area contributed by atoms with Crippen molar-refractivity contribution in [3.05, 3.63) is 30.1 Å². The molecule has 0 spiro atoms. The van der Waals surface area contributed by atoms with Gasteiger partial charge >= 0.3 is 6.03 Å². The first-order chi connectivity index (χ1) is 10.4. The van der Waals surface area contributed by atoms with E-state index in [4.69, 9.17) is 4.74 Å². The topological polar surface area (TPSA) is 79.5 Å². The number of carbonyl (C=O) groups excluding carboxylic acids is 2. The lowest BCUT2D eigenvalue weighted by molar-refractivity contribution is -0.122. The molecule has 1 rings (SSSR count). The number of ether oxygens (including phenoxy) is 1. The van der Waals surface area contributed by atoms with Crippen LogP contribution >= 0.6 is 0 Å². The molecule has 0 saturated heterocycles. The number of hydrogen-bond donors (Lipinski definition) is 3. The molecular formula is C15H22FN3O3. The third-order valence-corrected chi connectivity index (χ3v) is 2.78. The van der Waals surface area contributed by atoms with E-state index in [0.29, 0.717) is 12.3 Å². The van der Waals surface area contributed by atoms with Crippen LogP contribution in [0.4, 0.5) is 9.18 Å². The first-order valence-corrected chi connectivity index (χ1v) is 7.15. The van der Waals surface area contributed by atoms with Crippen molar-refractivity contribution in [2.24, 2.45) is 0 Å². The Morgan fingerprint density at radius 1 is 1.18 bits per heavy atom. The summed E-state index contributed by atoms with van der Waals surface area (Å²) < 4.78 is 18.2. The molecule has 0 aliphatic rings. The molecular weight excluding hydrogens is 289 g/mol. The number of nitrogens with one attached hydrogen (secondary N) is 3. The average molecular weight is 311 g/mol. The molecule has 1 aromatic rings. The van der Waals surface area contributed by atoms with E-state index < -0.39 is 12.1 Å². The van der Waals surface area contributed by atoms with Crippen molar-refractivity contribution in [1.82, 2.24) is 16.0 Å². The Kier molecular flexibility index (Phi) is 7.15. The number of hydrogen-bond acceptors (Lipinski definition) is 3. The molecule has 2 atom stereocenters. The summed E-state index contributed by atoms with van der Waals surface area (Å²) in [7, 11) is 0. The molecule has 122 valence electrons. The van der Waals surface area contributed by atoms with E-state index in [2.05, 4.69) is 16.0 Å². The maximum atomic E-state index is 12.7. The van der Waals surface area contributed by atoms with Gasteiger partial charge in [0.2, 0.25) is 5.91 Å². The van der Waals surface area contributed by atoms with Gasteiger partial charge in [-0.25, -0.2) is 9.18 Å². The average Bonchev–Trinajstić information content (AvgIpc) is 2.46. The number of amides is 3. The fourth-order valence-electron chi connectivity index (χ4n) is 1.65. The first kappa shape index (κ1) is 17.7. The normalized spacial score (nSPS) is 12.9. The van der Waals surface area contributed by atoms with Crippen molar-refractivity contribution < 1.29 is 18.7 Å². The fourth-order valence-corrected chi connectivity index (χ4v) is 1.65. The van der Waals surface area contributed by atoms with Crippen LogP contribution in [0.2, 0.25) is 0 Å². The van der Waals surface area contributed by atoms with Gasteiger partial charge in [-0.2, -0.15) is 0 Å². The third kappa shape index (κ3) is 6.43. The maximum absolute atomic E-state index is 12.7. The molecule has 0 saturated carbocycles. The second-order valence-electron chi connectivity index (χ2n) is 4.90. The van der Waals surface area contributed by atoms with Crippen LogP contribution in [0.1, 0.15) is 20.8 Å². The van der Waals surface area contributed by atoms with Crippen LogP contribution in [-0.4, -0.2) is 37.2 Å². The molecule has 0 aromatic heterocycles. The molecule has 22 heavy (non-hydrogen) atoms. The summed E-state index contributed by atoms with van der Waals surface area (Å²) in [6.45, 7) is 5.91. The van der Waals surface area contributed by atoms with E-state index in [1.54, 1.807) is 20.8 Å². The van der Waals surface area contributed by atoms with E-state index in [1.165, 1.54) is 24.3 Å². The van der Waals surface area contributed by atoms with Gasteiger partial charge in [-0.1, -0.05) is 0 Å². The predicted octanol–water partition coefficient (Wildman–Crippen LogP) is 1.42. The Bertz CT molecular complexity index is 493. The van der Waals surface area contributed by atoms with Crippen LogP contribution in [0, 0.1) is 5.82 Å². The van der Waals surface area contributed by atoms with E-state index in [9.17, 15) is 14.0 Å². The second-order valence-corrected chi connectivity index (χ2v) is 4.90. The number of halogens is 1. The van der Waals surface area contributed by atoms with Gasteiger partial charge in [0, 0.05) is 6.54 Å². The van der Waals surface area contributed by atoms with Gasteiger partial charge in [0.25, 0.3) is 0 Å². The summed E-state index contributed by atoms with van der Waals surface area (Å²) in [5, 5.41) is 7.81. The maximum Gasteiger partial charge on any atom is 0.315 e. The molecule has 0 fully saturated rings. The fraction of sp³-hybridized carbons (Fsp3) is 0.467. The van der Waals surface area contributed by atoms with Crippen LogP contribution in [-0.2, 0) is 4.79 Å². The Hall–Kier alpha value is -2.31. The minimum Gasteiger partial charge on any atom is -0.491 e. The van der Waals surface area contributed by atoms with Crippen LogP contribution in [0.5, 0.6) is 5.75 Å². The summed E-state index contributed by atoms with van der Waals surface area (Å²) in [6, 6.07) is 4.28. The highest BCUT2D eigenvalue weighted by Gasteiger charge is 2.15. The number of urea groups is 1. The first-order valence-electron chi connectivity index (χ1n) is 7.15. The second kappa shape index (κ2) is 8.86. The van der Waals surface area contributed by atoms with Gasteiger partial charge in [0.1, 0.15) is 24.2 Å². The lowest BCUT2D eigenvalue weighted by Crippen LogP contribution is -2.51. The minimum absolute atomic E-state index is 0.231. The van der Waals surface area contributed by atoms with Gasteiger partial charge in [0.05, 0.1) is 6.04 Å². The minimum atomic E-state index is -0.620. The standard InChI is InChI=1S/C15H22FN3O3/c1-4-17-14(20)11(3)19-15(21)18-10(2)9-22-13-7-5-12(16)6-8-13/h5-8,10-11H,4,9H2,1-3H3,(H,17,20)(H2,18,19,21)/t10-,11+/m1/s1. The molecule has 0 heterocycles. The van der Waals surface area contributed by atoms with Gasteiger partial charge < -0.3 is 20.7 Å². The molecule has 3 amide bonds. The highest BCUT2D eigenvalue weighted by Crippen LogP contribution is 2.11. The number of carbonyl (C=O) groups is 2. The van der Waals surface area contributed by atoms with Gasteiger partial charge in [-0.15, -0.1) is 0 Å². The van der Waals surface area contributed by atoms with Crippen molar-refractivity contribution >= 4 is 11.9 Å². The van der Waals surface area contributed by atoms with Gasteiger partial charge in [0.15, 0.2) is 0 Å². The Morgan fingerprint density at radius 3 is 2.41 bits per heavy atom. The third-order valence-electron chi connectivity index (χ3n) is 2.78. The van der Waals surface area contributed by atoms with Crippen LogP contribution in [0.25, 0.3) is 0 Å². The van der Waals surface area contributed by atoms with Crippen molar-refractivity contribution in [2.75, 3.05) is 13.2 Å². The van der Waals surface area contributed by atoms with Crippen LogP contribution < -0.4 is 20.7 Å². The SMILES string of the molecule is CCNC(=O)[C@H](C)NC(=O)N[C@H](C)COc1ccc(F)cc1. The summed E-state index contributed by atoms with van der Waals surface area (Å²) in [4.78, 5) is 23.2. The number of likely N-dealkylation sites (N-methyl/N-ethyl adjacent to an activating group) is 1. The number of benzene rings is 1. The summed E-state index contributed by atoms with van der Waals surface area (Å²) in [5.41, 5.74) is 0. The molecule has 6 nitrogen and oxygen atoms in total. The highest BCUT2D eigenvalue weighted by atomic mass is 19.1. The quantitative estimate of drug-likeness (QED) is 0.712. The Labute approximate surface area is 129 Å². The predicted molar refractivity (Wildman–Crippen MR) is 81.2 cm³/mol. The Morgan fingerprint density at radius 2 is 1.82 bits per heavy atom. The molecule has 0 aliphatic heterocycles. The van der Waals surface area contributed by atoms with E-state index in [-0.39, 0.29) is 24.4 Å². The van der Waals surface area contributed by atoms with Crippen LogP contribution in [0.3, 0.4) is 0 Å². The Balaban J connectivity index is 2.31. The zero-order chi connectivity index (χ0) is 16.5. The van der Waals surface area contributed by atoms with Gasteiger partial charge in [-0.3, -0.25) is 4.79 Å². The molecule has 0 bridgehead atoms. The lowest BCUT2D eigenvalue weighted by atomic mass is 10.3. The highest BCUT2D eigenvalue weighted by molar-refractivity contribution is 5.86. The van der Waals surface area contributed by atoms with Crippen molar-refractivity contribution in [2.45, 2.75) is 32.9 Å². The zero-order valence-electron chi connectivity index (χ0n) is 13.0. The largest absolute Gasteiger partial charge is 0.491 e. The van der Waals surface area contributed by atoms with E-state index >= 15 is 0 Å². The monoisotopic (exact) mass is 311 g/mol. The van der Waals surface area contributed by atoms with Crippen LogP contribution in [0.15, 0.2) is 24.3 Å². The van der Waals surface area contributed by atoms with Crippen molar-refractivity contribution in [3.8, 4) is 5.75 Å². The van der Waals surface area contributed by atoms with E-state index in [0.717, 1.165) is 0 Å². The van der Waals surface area contributed by atoms with Crippen molar-refractivity contribution in [3.63, 3.8) is 0 Å². The summed E-state index contributed by atoms with van der Waals surface area (Å²) in [5.74, 6) is -0.0590. The molecule has 0 aliphatic carbocycles. The molecule has 1 aromatic carbocycles. The molecule has 0 radical (unpaired) electrons.